The van der Waals surface area contributed by atoms with Gasteiger partial charge in [0.15, 0.2) is 0 Å². The third kappa shape index (κ3) is 1.79. The smallest absolute Gasteiger partial charge is 0.136 e. The van der Waals surface area contributed by atoms with Crippen LogP contribution in [0, 0.1) is 0 Å². The van der Waals surface area contributed by atoms with Crippen LogP contribution in [0.25, 0.3) is 10.9 Å². The van der Waals surface area contributed by atoms with Crippen molar-refractivity contribution in [3.05, 3.63) is 28.4 Å². The van der Waals surface area contributed by atoms with Gasteiger partial charge in [-0.1, -0.05) is 18.2 Å². The second-order valence-electron chi connectivity index (χ2n) is 3.46. The Morgan fingerprint density at radius 1 is 1.47 bits per heavy atom. The second kappa shape index (κ2) is 4.33. The van der Waals surface area contributed by atoms with Gasteiger partial charge >= 0.3 is 0 Å². The molecule has 2 aromatic rings. The van der Waals surface area contributed by atoms with Crippen molar-refractivity contribution in [2.24, 2.45) is 5.73 Å². The van der Waals surface area contributed by atoms with Gasteiger partial charge in [0.2, 0.25) is 0 Å². The van der Waals surface area contributed by atoms with Crippen molar-refractivity contribution in [3.63, 3.8) is 0 Å². The number of aryl methyl sites for hydroxylation is 1. The molecule has 0 saturated carbocycles. The fourth-order valence-electron chi connectivity index (χ4n) is 1.86. The van der Waals surface area contributed by atoms with Crippen molar-refractivity contribution in [3.8, 4) is 0 Å². The minimum atomic E-state index is 0.672. The molecule has 0 aliphatic rings. The number of halogens is 1. The molecule has 0 spiro atoms. The van der Waals surface area contributed by atoms with Crippen LogP contribution in [0.2, 0.25) is 0 Å². The zero-order valence-corrected chi connectivity index (χ0v) is 10.3. The third-order valence-electron chi connectivity index (χ3n) is 2.52. The van der Waals surface area contributed by atoms with Gasteiger partial charge in [0.25, 0.3) is 0 Å². The summed E-state index contributed by atoms with van der Waals surface area (Å²) in [4.78, 5) is 0. The largest absolute Gasteiger partial charge is 0.330 e. The standard InChI is InChI=1S/C11H14BrN3/c1-2-15-10-8(6-7-13)4-3-5-9(10)11(12)14-15/h3-5H,2,6-7,13H2,1H3. The van der Waals surface area contributed by atoms with Gasteiger partial charge in [-0.05, 0) is 41.4 Å². The Hall–Kier alpha value is -0.870. The number of fused-ring (bicyclic) bond motifs is 1. The minimum absolute atomic E-state index is 0.672. The molecule has 15 heavy (non-hydrogen) atoms. The Bertz CT molecular complexity index is 476. The lowest BCUT2D eigenvalue weighted by Crippen LogP contribution is -2.05. The molecule has 1 aromatic heterocycles. The Kier molecular flexibility index (Phi) is 3.07. The number of hydrogen-bond donors (Lipinski definition) is 1. The number of benzene rings is 1. The van der Waals surface area contributed by atoms with Gasteiger partial charge < -0.3 is 5.73 Å². The predicted octanol–water partition coefficient (Wildman–Crippen LogP) is 2.32. The molecule has 0 fully saturated rings. The monoisotopic (exact) mass is 267 g/mol. The molecule has 0 unspecified atom stereocenters. The lowest BCUT2D eigenvalue weighted by Gasteiger charge is -2.04. The predicted molar refractivity (Wildman–Crippen MR) is 65.9 cm³/mol. The highest BCUT2D eigenvalue weighted by atomic mass is 79.9. The third-order valence-corrected chi connectivity index (χ3v) is 3.11. The zero-order valence-electron chi connectivity index (χ0n) is 8.70. The van der Waals surface area contributed by atoms with Gasteiger partial charge in [-0.25, -0.2) is 0 Å². The average Bonchev–Trinajstić information content (AvgIpc) is 2.58. The van der Waals surface area contributed by atoms with E-state index in [2.05, 4.69) is 46.2 Å². The van der Waals surface area contributed by atoms with E-state index in [1.165, 1.54) is 16.5 Å². The van der Waals surface area contributed by atoms with Crippen LogP contribution in [-0.2, 0) is 13.0 Å². The van der Waals surface area contributed by atoms with Crippen LogP contribution < -0.4 is 5.73 Å². The molecular weight excluding hydrogens is 254 g/mol. The number of nitrogens with zero attached hydrogens (tertiary/aromatic N) is 2. The summed E-state index contributed by atoms with van der Waals surface area (Å²) in [5.41, 5.74) is 8.09. The van der Waals surface area contributed by atoms with Crippen LogP contribution in [0.5, 0.6) is 0 Å². The highest BCUT2D eigenvalue weighted by Crippen LogP contribution is 2.26. The summed E-state index contributed by atoms with van der Waals surface area (Å²) < 4.78 is 2.93. The van der Waals surface area contributed by atoms with E-state index >= 15 is 0 Å². The van der Waals surface area contributed by atoms with Gasteiger partial charge in [0.05, 0.1) is 5.52 Å². The van der Waals surface area contributed by atoms with E-state index < -0.39 is 0 Å². The maximum atomic E-state index is 5.61. The Morgan fingerprint density at radius 2 is 2.27 bits per heavy atom. The van der Waals surface area contributed by atoms with Crippen LogP contribution in [0.1, 0.15) is 12.5 Å². The molecule has 0 radical (unpaired) electrons. The molecule has 2 N–H and O–H groups in total. The molecule has 2 rings (SSSR count). The molecule has 0 saturated heterocycles. The molecule has 0 atom stereocenters. The number of para-hydroxylation sites is 1. The van der Waals surface area contributed by atoms with Crippen molar-refractivity contribution in [2.75, 3.05) is 6.54 Å². The SMILES string of the molecule is CCn1nc(Br)c2cccc(CCN)c21. The number of aromatic nitrogens is 2. The molecule has 3 nitrogen and oxygen atoms in total. The van der Waals surface area contributed by atoms with Crippen LogP contribution in [0.4, 0.5) is 0 Å². The Morgan fingerprint density at radius 3 is 2.93 bits per heavy atom. The van der Waals surface area contributed by atoms with Crippen LogP contribution in [-0.4, -0.2) is 16.3 Å². The topological polar surface area (TPSA) is 43.8 Å². The molecule has 0 aliphatic carbocycles. The van der Waals surface area contributed by atoms with Crippen LogP contribution in [0.15, 0.2) is 22.8 Å². The molecule has 80 valence electrons. The highest BCUT2D eigenvalue weighted by Gasteiger charge is 2.10. The summed E-state index contributed by atoms with van der Waals surface area (Å²) in [5, 5.41) is 5.61. The van der Waals surface area contributed by atoms with E-state index in [1.54, 1.807) is 0 Å². The minimum Gasteiger partial charge on any atom is -0.330 e. The van der Waals surface area contributed by atoms with E-state index in [-0.39, 0.29) is 0 Å². The lowest BCUT2D eigenvalue weighted by atomic mass is 10.1. The molecule has 0 amide bonds. The van der Waals surface area contributed by atoms with Gasteiger partial charge in [-0.2, -0.15) is 5.10 Å². The summed E-state index contributed by atoms with van der Waals surface area (Å²) in [5.74, 6) is 0. The Labute approximate surface area is 97.4 Å². The molecule has 0 aliphatic heterocycles. The first-order chi connectivity index (χ1) is 7.27. The molecule has 1 aromatic carbocycles. The lowest BCUT2D eigenvalue weighted by molar-refractivity contribution is 0.675. The van der Waals surface area contributed by atoms with E-state index in [0.717, 1.165) is 17.6 Å². The maximum absolute atomic E-state index is 5.61. The van der Waals surface area contributed by atoms with Gasteiger partial charge in [-0.15, -0.1) is 0 Å². The quantitative estimate of drug-likeness (QED) is 0.928. The summed E-state index contributed by atoms with van der Waals surface area (Å²) in [6, 6.07) is 6.26. The van der Waals surface area contributed by atoms with Crippen molar-refractivity contribution >= 4 is 26.8 Å². The van der Waals surface area contributed by atoms with Crippen molar-refractivity contribution in [1.29, 1.82) is 0 Å². The number of nitrogens with two attached hydrogens (primary N) is 1. The first-order valence-electron chi connectivity index (χ1n) is 5.12. The zero-order chi connectivity index (χ0) is 10.8. The van der Waals surface area contributed by atoms with E-state index in [9.17, 15) is 0 Å². The maximum Gasteiger partial charge on any atom is 0.136 e. The van der Waals surface area contributed by atoms with E-state index in [4.69, 9.17) is 5.73 Å². The molecular formula is C11H14BrN3. The summed E-state index contributed by atoms with van der Waals surface area (Å²) >= 11 is 3.48. The van der Waals surface area contributed by atoms with Crippen molar-refractivity contribution in [1.82, 2.24) is 9.78 Å². The summed E-state index contributed by atoms with van der Waals surface area (Å²) in [6.45, 7) is 3.65. The summed E-state index contributed by atoms with van der Waals surface area (Å²) in [6.07, 6.45) is 0.898. The van der Waals surface area contributed by atoms with E-state index in [0.29, 0.717) is 6.54 Å². The Balaban J connectivity index is 2.70. The van der Waals surface area contributed by atoms with Crippen LogP contribution in [0.3, 0.4) is 0 Å². The van der Waals surface area contributed by atoms with Crippen LogP contribution >= 0.6 is 15.9 Å². The molecule has 0 bridgehead atoms. The van der Waals surface area contributed by atoms with Gasteiger partial charge in [0, 0.05) is 11.9 Å². The first kappa shape index (κ1) is 10.6. The fraction of sp³-hybridized carbons (Fsp3) is 0.364. The normalized spacial score (nSPS) is 11.1. The number of hydrogen-bond acceptors (Lipinski definition) is 2. The fourth-order valence-corrected chi connectivity index (χ4v) is 2.37. The van der Waals surface area contributed by atoms with Gasteiger partial charge in [-0.3, -0.25) is 4.68 Å². The molecule has 4 heteroatoms. The first-order valence-corrected chi connectivity index (χ1v) is 5.91. The number of rotatable bonds is 3. The van der Waals surface area contributed by atoms with Crippen molar-refractivity contribution < 1.29 is 0 Å². The van der Waals surface area contributed by atoms with Gasteiger partial charge in [0.1, 0.15) is 4.60 Å². The van der Waals surface area contributed by atoms with E-state index in [1.807, 2.05) is 4.68 Å². The molecule has 1 heterocycles. The van der Waals surface area contributed by atoms with Crippen molar-refractivity contribution in [2.45, 2.75) is 19.9 Å². The summed E-state index contributed by atoms with van der Waals surface area (Å²) in [7, 11) is 0. The average molecular weight is 268 g/mol. The highest BCUT2D eigenvalue weighted by molar-refractivity contribution is 9.10. The second-order valence-corrected chi connectivity index (χ2v) is 4.21.